The molecule has 0 spiro atoms. The largest absolute Gasteiger partial charge is 0.392 e. The van der Waals surface area contributed by atoms with Crippen molar-refractivity contribution in [1.82, 2.24) is 24.0 Å². The van der Waals surface area contributed by atoms with E-state index in [9.17, 15) is 19.5 Å². The monoisotopic (exact) mass is 884 g/mol. The molecule has 2 amide bonds. The van der Waals surface area contributed by atoms with Gasteiger partial charge in [0, 0.05) is 111 Å². The first-order valence-electron chi connectivity index (χ1n) is 22.3. The summed E-state index contributed by atoms with van der Waals surface area (Å²) in [5.41, 5.74) is 8.63. The number of piperazine rings is 1. The summed E-state index contributed by atoms with van der Waals surface area (Å²) in [6.07, 6.45) is 8.49. The minimum absolute atomic E-state index is 0.0551. The molecule has 334 valence electrons. The first-order chi connectivity index (χ1) is 30.7. The second-order valence-corrected chi connectivity index (χ2v) is 19.0. The van der Waals surface area contributed by atoms with Crippen molar-refractivity contribution in [1.29, 1.82) is 0 Å². The smallest absolute Gasteiger partial charge is 0.293 e. The molecule has 0 bridgehead atoms. The lowest BCUT2D eigenvalue weighted by molar-refractivity contribution is -0.111. The van der Waals surface area contributed by atoms with Crippen LogP contribution in [0.25, 0.3) is 11.3 Å². The molecule has 2 aromatic carbocycles. The molecular formula is C49H57ClN10O4. The van der Waals surface area contributed by atoms with Gasteiger partial charge in [-0.25, -0.2) is 9.97 Å². The Hall–Kier alpha value is -5.96. The van der Waals surface area contributed by atoms with Gasteiger partial charge in [-0.3, -0.25) is 24.2 Å². The number of carbonyl (C=O) groups excluding carboxylic acids is 2. The third-order valence-electron chi connectivity index (χ3n) is 13.6. The van der Waals surface area contributed by atoms with E-state index in [-0.39, 0.29) is 34.6 Å². The molecule has 6 heterocycles. The van der Waals surface area contributed by atoms with E-state index in [1.807, 2.05) is 37.3 Å². The van der Waals surface area contributed by atoms with Crippen LogP contribution in [0.4, 0.5) is 34.4 Å². The molecule has 3 aliphatic heterocycles. The van der Waals surface area contributed by atoms with Crippen LogP contribution >= 0.6 is 11.6 Å². The van der Waals surface area contributed by atoms with Crippen LogP contribution in [0.3, 0.4) is 0 Å². The Labute approximate surface area is 379 Å². The fourth-order valence-electron chi connectivity index (χ4n) is 10.3. The van der Waals surface area contributed by atoms with Crippen molar-refractivity contribution in [2.24, 2.45) is 12.5 Å². The van der Waals surface area contributed by atoms with E-state index < -0.39 is 6.61 Å². The number of aryl methyl sites for hydroxylation is 2. The van der Waals surface area contributed by atoms with Crippen LogP contribution in [0.15, 0.2) is 78.4 Å². The van der Waals surface area contributed by atoms with Gasteiger partial charge in [0.1, 0.15) is 11.5 Å². The third-order valence-corrected chi connectivity index (χ3v) is 14.0. The maximum Gasteiger partial charge on any atom is 0.293 e. The molecule has 64 heavy (non-hydrogen) atoms. The summed E-state index contributed by atoms with van der Waals surface area (Å²) >= 11 is 6.30. The van der Waals surface area contributed by atoms with Crippen molar-refractivity contribution >= 4 is 57.8 Å². The second-order valence-electron chi connectivity index (χ2n) is 18.6. The van der Waals surface area contributed by atoms with Crippen molar-refractivity contribution in [2.75, 3.05) is 64.6 Å². The Bertz CT molecular complexity index is 2720. The Morgan fingerprint density at radius 1 is 1.02 bits per heavy atom. The average Bonchev–Trinajstić information content (AvgIpc) is 3.78. The second kappa shape index (κ2) is 17.2. The standard InChI is InChI=1S/C49H57ClN10O4/c1-7-44(62)53-39-24-33(8-11-41(39)58-19-18-57(27-31(58)3)34-13-16-56(17-14-34)35-9-10-38(50)30(2)22-35)52-45-48(64)55(6)28-40(54-45)36-12-15-51-46(37(36)29-61)60-21-20-59-42(47(60)63)23-32-25-49(4,5)26-43(32)59/h7-12,15,22-24,28,31,34,61H,1,13-14,16-21,25-27,29H2,2-6H3,(H,52,54)(H,53,62). The number of hydrogen-bond donors (Lipinski definition) is 3. The molecule has 0 radical (unpaired) electrons. The number of amides is 2. The number of aromatic nitrogens is 4. The number of pyridine rings is 1. The maximum atomic E-state index is 14.0. The van der Waals surface area contributed by atoms with Gasteiger partial charge in [-0.1, -0.05) is 32.0 Å². The zero-order valence-corrected chi connectivity index (χ0v) is 38.1. The van der Waals surface area contributed by atoms with Gasteiger partial charge in [-0.15, -0.1) is 0 Å². The summed E-state index contributed by atoms with van der Waals surface area (Å²) in [5.74, 6) is -0.0819. The first kappa shape index (κ1) is 43.3. The van der Waals surface area contributed by atoms with Crippen molar-refractivity contribution in [3.63, 3.8) is 0 Å². The lowest BCUT2D eigenvalue weighted by Gasteiger charge is -2.47. The van der Waals surface area contributed by atoms with E-state index in [1.54, 1.807) is 30.4 Å². The summed E-state index contributed by atoms with van der Waals surface area (Å²) in [5, 5.41) is 17.8. The van der Waals surface area contributed by atoms with Crippen molar-refractivity contribution in [2.45, 2.75) is 78.6 Å². The highest BCUT2D eigenvalue weighted by molar-refractivity contribution is 6.31. The molecule has 3 aromatic heterocycles. The molecule has 14 nitrogen and oxygen atoms in total. The number of halogens is 1. The maximum absolute atomic E-state index is 14.0. The lowest BCUT2D eigenvalue weighted by atomic mass is 9.90. The average molecular weight is 886 g/mol. The van der Waals surface area contributed by atoms with Gasteiger partial charge in [-0.05, 0) is 111 Å². The fourth-order valence-corrected chi connectivity index (χ4v) is 10.4. The van der Waals surface area contributed by atoms with Gasteiger partial charge >= 0.3 is 0 Å². The van der Waals surface area contributed by atoms with E-state index in [0.717, 1.165) is 74.7 Å². The Balaban J connectivity index is 0.930. The highest BCUT2D eigenvalue weighted by Crippen LogP contribution is 2.41. The minimum Gasteiger partial charge on any atom is -0.392 e. The molecule has 2 fully saturated rings. The van der Waals surface area contributed by atoms with Crippen molar-refractivity contribution in [3.05, 3.63) is 117 Å². The van der Waals surface area contributed by atoms with Gasteiger partial charge in [0.25, 0.3) is 11.5 Å². The quantitative estimate of drug-likeness (QED) is 0.126. The zero-order chi connectivity index (χ0) is 45.0. The number of piperidine rings is 1. The van der Waals surface area contributed by atoms with Gasteiger partial charge in [-0.2, -0.15) is 0 Å². The van der Waals surface area contributed by atoms with E-state index >= 15 is 0 Å². The van der Waals surface area contributed by atoms with Crippen LogP contribution in [-0.2, 0) is 37.8 Å². The summed E-state index contributed by atoms with van der Waals surface area (Å²) < 4.78 is 3.58. The number of nitrogens with zero attached hydrogens (tertiary/aromatic N) is 8. The summed E-state index contributed by atoms with van der Waals surface area (Å²) in [6, 6.07) is 16.4. The molecule has 3 N–H and O–H groups in total. The van der Waals surface area contributed by atoms with Gasteiger partial charge in [0.2, 0.25) is 5.91 Å². The lowest BCUT2D eigenvalue weighted by Crippen LogP contribution is -2.57. The minimum atomic E-state index is -0.398. The van der Waals surface area contributed by atoms with Crippen LogP contribution in [0.5, 0.6) is 0 Å². The number of carbonyl (C=O) groups is 2. The van der Waals surface area contributed by atoms with E-state index in [1.165, 1.54) is 27.6 Å². The molecule has 2 saturated heterocycles. The first-order valence-corrected chi connectivity index (χ1v) is 22.7. The molecule has 5 aromatic rings. The normalized spacial score (nSPS) is 18.8. The van der Waals surface area contributed by atoms with Gasteiger partial charge < -0.3 is 34.7 Å². The SMILES string of the molecule is C=CC(=O)Nc1cc(Nc2nc(-c3ccnc(N4CCn5c(cc6c5CC(C)(C)C6)C4=O)c3CO)cn(C)c2=O)ccc1N1CCN(C2CCN(c3ccc(Cl)c(C)c3)CC2)CC1C. The number of aliphatic hydroxyl groups is 1. The van der Waals surface area contributed by atoms with Crippen molar-refractivity contribution in [3.8, 4) is 11.3 Å². The molecule has 15 heteroatoms. The number of hydrogen-bond acceptors (Lipinski definition) is 10. The molecule has 1 unspecified atom stereocenters. The number of benzene rings is 2. The highest BCUT2D eigenvalue weighted by atomic mass is 35.5. The van der Waals surface area contributed by atoms with E-state index in [0.29, 0.717) is 58.8 Å². The van der Waals surface area contributed by atoms with E-state index in [2.05, 4.69) is 74.4 Å². The van der Waals surface area contributed by atoms with Crippen molar-refractivity contribution < 1.29 is 14.7 Å². The number of aliphatic hydroxyl groups excluding tert-OH is 1. The van der Waals surface area contributed by atoms with E-state index in [4.69, 9.17) is 16.6 Å². The fraction of sp³-hybridized carbons (Fsp3) is 0.408. The predicted molar refractivity (Wildman–Crippen MR) is 254 cm³/mol. The topological polar surface area (TPSA) is 144 Å². The van der Waals surface area contributed by atoms with Crippen LogP contribution in [0, 0.1) is 12.3 Å². The van der Waals surface area contributed by atoms with Crippen LogP contribution in [0.1, 0.15) is 66.5 Å². The summed E-state index contributed by atoms with van der Waals surface area (Å²) in [6.45, 7) is 17.6. The van der Waals surface area contributed by atoms with Crippen LogP contribution in [-0.4, -0.2) is 92.3 Å². The number of rotatable bonds is 10. The molecular weight excluding hydrogens is 828 g/mol. The Morgan fingerprint density at radius 3 is 2.55 bits per heavy atom. The van der Waals surface area contributed by atoms with Crippen LogP contribution in [0.2, 0.25) is 5.02 Å². The zero-order valence-electron chi connectivity index (χ0n) is 37.3. The molecule has 9 rings (SSSR count). The highest BCUT2D eigenvalue weighted by Gasteiger charge is 2.38. The number of nitrogens with one attached hydrogen (secondary N) is 2. The number of anilines is 6. The Kier molecular flexibility index (Phi) is 11.6. The third kappa shape index (κ3) is 8.18. The van der Waals surface area contributed by atoms with Crippen LogP contribution < -0.4 is 30.9 Å². The Morgan fingerprint density at radius 2 is 1.81 bits per heavy atom. The summed E-state index contributed by atoms with van der Waals surface area (Å²) in [7, 11) is 1.64. The molecule has 0 saturated carbocycles. The predicted octanol–water partition coefficient (Wildman–Crippen LogP) is 6.93. The van der Waals surface area contributed by atoms with Gasteiger partial charge in [0.15, 0.2) is 5.82 Å². The molecule has 4 aliphatic rings. The molecule has 1 atom stereocenters. The van der Waals surface area contributed by atoms with Gasteiger partial charge in [0.05, 0.1) is 23.7 Å². The summed E-state index contributed by atoms with van der Waals surface area (Å²) in [4.78, 5) is 58.9. The molecule has 1 aliphatic carbocycles. The number of fused-ring (bicyclic) bond motifs is 3.